The Morgan fingerprint density at radius 3 is 1.74 bits per heavy atom. The molecule has 0 aromatic heterocycles. The van der Waals surface area contributed by atoms with Crippen LogP contribution in [0.15, 0.2) is 23.8 Å². The summed E-state index contributed by atoms with van der Waals surface area (Å²) in [6, 6.07) is 0. The van der Waals surface area contributed by atoms with Gasteiger partial charge in [0.15, 0.2) is 0 Å². The number of hydrogen-bond donors (Lipinski definition) is 1. The van der Waals surface area contributed by atoms with Gasteiger partial charge in [0.05, 0.1) is 0 Å². The van der Waals surface area contributed by atoms with E-state index in [-0.39, 0.29) is 0 Å². The van der Waals surface area contributed by atoms with Gasteiger partial charge in [0, 0.05) is 32.0 Å². The lowest BCUT2D eigenvalue weighted by molar-refractivity contribution is -0.132. The number of carboxylic acids is 1. The van der Waals surface area contributed by atoms with Crippen molar-refractivity contribution >= 4 is 5.97 Å². The molecule has 2 aliphatic heterocycles. The molecule has 0 spiro atoms. The van der Waals surface area contributed by atoms with Crippen LogP contribution >= 0.6 is 0 Å². The van der Waals surface area contributed by atoms with Gasteiger partial charge < -0.3 is 14.6 Å². The first-order valence-corrected chi connectivity index (χ1v) is 7.05. The molecule has 0 bridgehead atoms. The zero-order valence-electron chi connectivity index (χ0n) is 11.5. The normalized spacial score (nSPS) is 20.7. The maximum atomic E-state index is 10.3. The van der Waals surface area contributed by atoms with E-state index in [0.29, 0.717) is 12.0 Å². The summed E-state index contributed by atoms with van der Waals surface area (Å²) in [7, 11) is 0. The van der Waals surface area contributed by atoms with E-state index in [1.165, 1.54) is 25.7 Å². The molecular weight excluding hydrogens is 244 g/mol. The van der Waals surface area contributed by atoms with Gasteiger partial charge in [-0.15, -0.1) is 0 Å². The van der Waals surface area contributed by atoms with Crippen LogP contribution < -0.4 is 0 Å². The summed E-state index contributed by atoms with van der Waals surface area (Å²) in [5.41, 5.74) is 0.512. The second-order valence-corrected chi connectivity index (χ2v) is 4.60. The average Bonchev–Trinajstić information content (AvgIpc) is 3.18. The molecule has 3 aliphatic rings. The van der Waals surface area contributed by atoms with Crippen LogP contribution in [0, 0.1) is 0 Å². The molecule has 0 atom stereocenters. The molecule has 1 N–H and O–H groups in total. The number of allylic oxidation sites excluding steroid dienone is 3. The Kier molecular flexibility index (Phi) is 9.02. The Bertz CT molecular complexity index is 274. The summed E-state index contributed by atoms with van der Waals surface area (Å²) >= 11 is 0. The van der Waals surface area contributed by atoms with Crippen molar-refractivity contribution in [2.24, 2.45) is 0 Å². The molecule has 108 valence electrons. The van der Waals surface area contributed by atoms with Gasteiger partial charge >= 0.3 is 5.97 Å². The molecule has 4 nitrogen and oxygen atoms in total. The lowest BCUT2D eigenvalue weighted by Gasteiger charge is -2.00. The van der Waals surface area contributed by atoms with E-state index in [1.807, 2.05) is 6.08 Å². The Morgan fingerprint density at radius 2 is 1.53 bits per heavy atom. The molecule has 19 heavy (non-hydrogen) atoms. The monoisotopic (exact) mass is 268 g/mol. The fourth-order valence-corrected chi connectivity index (χ4v) is 1.80. The van der Waals surface area contributed by atoms with E-state index < -0.39 is 5.97 Å². The zero-order valence-corrected chi connectivity index (χ0v) is 11.5. The molecule has 2 saturated heterocycles. The summed E-state index contributed by atoms with van der Waals surface area (Å²) in [4.78, 5) is 10.3. The predicted octanol–water partition coefficient (Wildman–Crippen LogP) is 2.94. The second kappa shape index (κ2) is 10.8. The average molecular weight is 268 g/mol. The first kappa shape index (κ1) is 15.9. The molecule has 0 unspecified atom stereocenters. The highest BCUT2D eigenvalue weighted by Crippen LogP contribution is 2.10. The molecule has 3 rings (SSSR count). The molecule has 1 aliphatic carbocycles. The van der Waals surface area contributed by atoms with Gasteiger partial charge in [-0.2, -0.15) is 0 Å². The van der Waals surface area contributed by atoms with Crippen molar-refractivity contribution in [2.75, 3.05) is 26.4 Å². The van der Waals surface area contributed by atoms with Crippen molar-refractivity contribution in [2.45, 2.75) is 38.5 Å². The van der Waals surface area contributed by atoms with Crippen LogP contribution in [0.3, 0.4) is 0 Å². The van der Waals surface area contributed by atoms with Gasteiger partial charge in [-0.1, -0.05) is 18.2 Å². The maximum Gasteiger partial charge on any atom is 0.331 e. The minimum absolute atomic E-state index is 0.512. The molecule has 0 amide bonds. The number of carboxylic acid groups (broad SMARTS) is 1. The quantitative estimate of drug-likeness (QED) is 0.794. The summed E-state index contributed by atoms with van der Waals surface area (Å²) in [6.45, 7) is 4.00. The zero-order chi connectivity index (χ0) is 13.8. The molecule has 0 aromatic rings. The summed E-state index contributed by atoms with van der Waals surface area (Å²) in [5.74, 6) is -0.792. The largest absolute Gasteiger partial charge is 0.478 e. The number of ether oxygens (including phenoxy) is 2. The van der Waals surface area contributed by atoms with Crippen molar-refractivity contribution in [3.63, 3.8) is 0 Å². The van der Waals surface area contributed by atoms with E-state index in [1.54, 1.807) is 12.2 Å². The molecule has 4 heteroatoms. The minimum atomic E-state index is -0.792. The van der Waals surface area contributed by atoms with Crippen molar-refractivity contribution in [3.05, 3.63) is 23.8 Å². The van der Waals surface area contributed by atoms with Crippen LogP contribution in [-0.4, -0.2) is 37.5 Å². The molecular formula is C15H24O4. The van der Waals surface area contributed by atoms with E-state index in [2.05, 4.69) is 0 Å². The summed E-state index contributed by atoms with van der Waals surface area (Å²) in [5, 5.41) is 8.44. The molecule has 0 radical (unpaired) electrons. The summed E-state index contributed by atoms with van der Waals surface area (Å²) < 4.78 is 9.89. The van der Waals surface area contributed by atoms with Crippen LogP contribution in [0.2, 0.25) is 0 Å². The highest BCUT2D eigenvalue weighted by molar-refractivity contribution is 5.87. The predicted molar refractivity (Wildman–Crippen MR) is 74.2 cm³/mol. The maximum absolute atomic E-state index is 10.3. The Balaban J connectivity index is 0.000000153. The minimum Gasteiger partial charge on any atom is -0.478 e. The van der Waals surface area contributed by atoms with Gasteiger partial charge in [-0.25, -0.2) is 4.79 Å². The van der Waals surface area contributed by atoms with Crippen LogP contribution in [0.1, 0.15) is 38.5 Å². The third kappa shape index (κ3) is 8.56. The number of rotatable bonds is 1. The lowest BCUT2D eigenvalue weighted by atomic mass is 10.1. The highest BCUT2D eigenvalue weighted by Gasteiger charge is 2.05. The van der Waals surface area contributed by atoms with Gasteiger partial charge in [-0.05, 0) is 38.5 Å². The molecule has 2 heterocycles. The first-order valence-electron chi connectivity index (χ1n) is 7.05. The van der Waals surface area contributed by atoms with E-state index in [9.17, 15) is 4.79 Å². The second-order valence-electron chi connectivity index (χ2n) is 4.60. The topological polar surface area (TPSA) is 55.8 Å². The Hall–Kier alpha value is -1.13. The number of aliphatic carboxylic acids is 1. The van der Waals surface area contributed by atoms with Crippen LogP contribution in [-0.2, 0) is 14.3 Å². The Labute approximate surface area is 115 Å². The lowest BCUT2D eigenvalue weighted by Crippen LogP contribution is -2.01. The van der Waals surface area contributed by atoms with Crippen molar-refractivity contribution < 1.29 is 19.4 Å². The Morgan fingerprint density at radius 1 is 1.00 bits per heavy atom. The number of carbonyl (C=O) groups is 1. The SMILES string of the molecule is C1CCOC1.C1CCOC1.O=C(O)C1=CC=CCC1. The smallest absolute Gasteiger partial charge is 0.331 e. The standard InChI is InChI=1S/C7H8O2.2C4H8O/c8-7(9)6-4-2-1-3-5-6;2*1-2-4-5-3-1/h1-2,4H,3,5H2,(H,8,9);2*1-4H2. The number of hydrogen-bond acceptors (Lipinski definition) is 3. The fraction of sp³-hybridized carbons (Fsp3) is 0.667. The summed E-state index contributed by atoms with van der Waals surface area (Å²) in [6.07, 6.45) is 12.0. The third-order valence-electron chi connectivity index (χ3n) is 2.94. The van der Waals surface area contributed by atoms with Gasteiger partial charge in [0.1, 0.15) is 0 Å². The highest BCUT2D eigenvalue weighted by atomic mass is 16.5. The van der Waals surface area contributed by atoms with Crippen LogP contribution in [0.4, 0.5) is 0 Å². The van der Waals surface area contributed by atoms with Crippen LogP contribution in [0.25, 0.3) is 0 Å². The van der Waals surface area contributed by atoms with E-state index >= 15 is 0 Å². The van der Waals surface area contributed by atoms with Crippen LogP contribution in [0.5, 0.6) is 0 Å². The van der Waals surface area contributed by atoms with Gasteiger partial charge in [0.2, 0.25) is 0 Å². The molecule has 0 aromatic carbocycles. The van der Waals surface area contributed by atoms with E-state index in [4.69, 9.17) is 14.6 Å². The fourth-order valence-electron chi connectivity index (χ4n) is 1.80. The van der Waals surface area contributed by atoms with Crippen molar-refractivity contribution in [1.29, 1.82) is 0 Å². The van der Waals surface area contributed by atoms with Gasteiger partial charge in [0.25, 0.3) is 0 Å². The van der Waals surface area contributed by atoms with Gasteiger partial charge in [-0.3, -0.25) is 0 Å². The van der Waals surface area contributed by atoms with Crippen molar-refractivity contribution in [1.82, 2.24) is 0 Å². The van der Waals surface area contributed by atoms with Crippen molar-refractivity contribution in [3.8, 4) is 0 Å². The molecule has 2 fully saturated rings. The molecule has 0 saturated carbocycles. The van der Waals surface area contributed by atoms with E-state index in [0.717, 1.165) is 32.8 Å². The third-order valence-corrected chi connectivity index (χ3v) is 2.94. The first-order chi connectivity index (χ1) is 9.30.